The molecule has 0 spiro atoms. The summed E-state index contributed by atoms with van der Waals surface area (Å²) >= 11 is 0. The van der Waals surface area contributed by atoms with Crippen molar-refractivity contribution in [1.29, 1.82) is 0 Å². The van der Waals surface area contributed by atoms with E-state index in [9.17, 15) is 8.42 Å². The van der Waals surface area contributed by atoms with Crippen LogP contribution in [0.5, 0.6) is 0 Å². The third kappa shape index (κ3) is 2.71. The lowest BCUT2D eigenvalue weighted by molar-refractivity contribution is 0.252. The minimum absolute atomic E-state index is 0.00716. The monoisotopic (exact) mass is 232 g/mol. The van der Waals surface area contributed by atoms with Crippen LogP contribution in [0.3, 0.4) is 0 Å². The largest absolute Gasteiger partial charge is 0.326 e. The van der Waals surface area contributed by atoms with Crippen molar-refractivity contribution in [2.24, 2.45) is 17.6 Å². The molecule has 4 nitrogen and oxygen atoms in total. The molecule has 2 fully saturated rings. The molecule has 0 aromatic carbocycles. The van der Waals surface area contributed by atoms with Crippen molar-refractivity contribution in [1.82, 2.24) is 4.31 Å². The van der Waals surface area contributed by atoms with Crippen LogP contribution in [0.4, 0.5) is 0 Å². The van der Waals surface area contributed by atoms with Gasteiger partial charge in [-0.15, -0.1) is 0 Å². The molecular weight excluding hydrogens is 212 g/mol. The average Bonchev–Trinajstić information content (AvgIpc) is 2.92. The van der Waals surface area contributed by atoms with E-state index < -0.39 is 10.0 Å². The zero-order valence-corrected chi connectivity index (χ0v) is 10.0. The first-order chi connectivity index (χ1) is 6.99. The van der Waals surface area contributed by atoms with E-state index in [0.717, 1.165) is 19.3 Å². The van der Waals surface area contributed by atoms with Crippen molar-refractivity contribution < 1.29 is 8.42 Å². The standard InChI is InChI=1S/C10H20N2O2S/c1-8-4-5-12(6-10(8)11)15(13,14)7-9-2-3-9/h8-10H,2-7,11H2,1H3. The van der Waals surface area contributed by atoms with Gasteiger partial charge in [0.25, 0.3) is 0 Å². The van der Waals surface area contributed by atoms with E-state index in [1.54, 1.807) is 4.31 Å². The maximum Gasteiger partial charge on any atom is 0.214 e. The average molecular weight is 232 g/mol. The number of nitrogens with two attached hydrogens (primary N) is 1. The Morgan fingerprint density at radius 3 is 2.53 bits per heavy atom. The normalized spacial score (nSPS) is 34.3. The summed E-state index contributed by atoms with van der Waals surface area (Å²) in [6, 6.07) is 0.00716. The molecular formula is C10H20N2O2S. The Hall–Kier alpha value is -0.130. The lowest BCUT2D eigenvalue weighted by atomic mass is 9.96. The Kier molecular flexibility index (Phi) is 3.05. The van der Waals surface area contributed by atoms with Crippen LogP contribution in [-0.2, 0) is 10.0 Å². The summed E-state index contributed by atoms with van der Waals surface area (Å²) in [5.74, 6) is 1.21. The van der Waals surface area contributed by atoms with Crippen LogP contribution in [0, 0.1) is 11.8 Å². The van der Waals surface area contributed by atoms with Crippen molar-refractivity contribution in [3.05, 3.63) is 0 Å². The van der Waals surface area contributed by atoms with E-state index in [-0.39, 0.29) is 6.04 Å². The molecule has 0 bridgehead atoms. The Balaban J connectivity index is 1.97. The number of hydrogen-bond donors (Lipinski definition) is 1. The van der Waals surface area contributed by atoms with Gasteiger partial charge in [-0.05, 0) is 31.1 Å². The number of hydrogen-bond acceptors (Lipinski definition) is 3. The molecule has 1 saturated heterocycles. The lowest BCUT2D eigenvalue weighted by Crippen LogP contribution is -2.50. The van der Waals surface area contributed by atoms with Gasteiger partial charge in [0, 0.05) is 19.1 Å². The molecule has 2 rings (SSSR count). The molecule has 1 aliphatic heterocycles. The van der Waals surface area contributed by atoms with Crippen LogP contribution in [0.15, 0.2) is 0 Å². The van der Waals surface area contributed by atoms with Crippen molar-refractivity contribution in [2.45, 2.75) is 32.2 Å². The first-order valence-electron chi connectivity index (χ1n) is 5.72. The molecule has 1 aliphatic carbocycles. The van der Waals surface area contributed by atoms with Crippen LogP contribution in [0.25, 0.3) is 0 Å². The summed E-state index contributed by atoms with van der Waals surface area (Å²) < 4.78 is 25.5. The molecule has 2 atom stereocenters. The third-order valence-electron chi connectivity index (χ3n) is 3.52. The van der Waals surface area contributed by atoms with Gasteiger partial charge in [0.05, 0.1) is 5.75 Å². The second kappa shape index (κ2) is 4.03. The molecule has 0 aromatic heterocycles. The van der Waals surface area contributed by atoms with Crippen molar-refractivity contribution in [3.8, 4) is 0 Å². The van der Waals surface area contributed by atoms with Gasteiger partial charge in [-0.3, -0.25) is 0 Å². The Labute approximate surface area is 91.9 Å². The summed E-state index contributed by atoms with van der Waals surface area (Å²) in [7, 11) is -3.02. The number of rotatable bonds is 3. The molecule has 2 N–H and O–H groups in total. The molecule has 1 saturated carbocycles. The Morgan fingerprint density at radius 2 is 2.00 bits per heavy atom. The highest BCUT2D eigenvalue weighted by Crippen LogP contribution is 2.32. The Bertz CT molecular complexity index is 324. The van der Waals surface area contributed by atoms with Crippen LogP contribution in [0.1, 0.15) is 26.2 Å². The van der Waals surface area contributed by atoms with E-state index in [2.05, 4.69) is 6.92 Å². The summed E-state index contributed by atoms with van der Waals surface area (Å²) in [4.78, 5) is 0. The summed E-state index contributed by atoms with van der Waals surface area (Å²) in [6.45, 7) is 3.26. The summed E-state index contributed by atoms with van der Waals surface area (Å²) in [5, 5.41) is 0. The second-order valence-corrected chi connectivity index (χ2v) is 7.02. The zero-order chi connectivity index (χ0) is 11.1. The molecule has 2 unspecified atom stereocenters. The first kappa shape index (κ1) is 11.4. The predicted octanol–water partition coefficient (Wildman–Crippen LogP) is 0.395. The maximum absolute atomic E-state index is 12.0. The SMILES string of the molecule is CC1CCN(S(=O)(=O)CC2CC2)CC1N. The van der Waals surface area contributed by atoms with Crippen LogP contribution < -0.4 is 5.73 Å². The first-order valence-corrected chi connectivity index (χ1v) is 7.33. The predicted molar refractivity (Wildman–Crippen MR) is 59.8 cm³/mol. The van der Waals surface area contributed by atoms with Crippen molar-refractivity contribution in [3.63, 3.8) is 0 Å². The molecule has 88 valence electrons. The molecule has 5 heteroatoms. The van der Waals surface area contributed by atoms with Crippen LogP contribution >= 0.6 is 0 Å². The molecule has 0 amide bonds. The van der Waals surface area contributed by atoms with E-state index >= 15 is 0 Å². The quantitative estimate of drug-likeness (QED) is 0.766. The molecule has 2 aliphatic rings. The molecule has 1 heterocycles. The zero-order valence-electron chi connectivity index (χ0n) is 9.22. The summed E-state index contributed by atoms with van der Waals surface area (Å²) in [5.41, 5.74) is 5.91. The maximum atomic E-state index is 12.0. The highest BCUT2D eigenvalue weighted by molar-refractivity contribution is 7.89. The van der Waals surface area contributed by atoms with E-state index in [1.165, 1.54) is 0 Å². The van der Waals surface area contributed by atoms with E-state index in [0.29, 0.717) is 30.7 Å². The minimum atomic E-state index is -3.02. The number of sulfonamides is 1. The van der Waals surface area contributed by atoms with Crippen molar-refractivity contribution in [2.75, 3.05) is 18.8 Å². The van der Waals surface area contributed by atoms with Gasteiger partial charge in [-0.1, -0.05) is 6.92 Å². The fourth-order valence-corrected chi connectivity index (χ4v) is 3.93. The van der Waals surface area contributed by atoms with Crippen LogP contribution in [-0.4, -0.2) is 37.6 Å². The highest BCUT2D eigenvalue weighted by atomic mass is 32.2. The summed E-state index contributed by atoms with van der Waals surface area (Å²) in [6.07, 6.45) is 3.05. The van der Waals surface area contributed by atoms with Gasteiger partial charge in [-0.25, -0.2) is 12.7 Å². The van der Waals surface area contributed by atoms with Gasteiger partial charge in [-0.2, -0.15) is 0 Å². The van der Waals surface area contributed by atoms with E-state index in [4.69, 9.17) is 5.73 Å². The topological polar surface area (TPSA) is 63.4 Å². The Morgan fingerprint density at radius 1 is 1.33 bits per heavy atom. The lowest BCUT2D eigenvalue weighted by Gasteiger charge is -2.34. The van der Waals surface area contributed by atoms with Gasteiger partial charge < -0.3 is 5.73 Å². The van der Waals surface area contributed by atoms with Gasteiger partial charge >= 0.3 is 0 Å². The van der Waals surface area contributed by atoms with Gasteiger partial charge in [0.2, 0.25) is 10.0 Å². The number of piperidine rings is 1. The molecule has 0 aromatic rings. The van der Waals surface area contributed by atoms with Crippen molar-refractivity contribution >= 4 is 10.0 Å². The second-order valence-electron chi connectivity index (χ2n) is 5.01. The fraction of sp³-hybridized carbons (Fsp3) is 1.00. The smallest absolute Gasteiger partial charge is 0.214 e. The molecule has 15 heavy (non-hydrogen) atoms. The van der Waals surface area contributed by atoms with Gasteiger partial charge in [0.1, 0.15) is 0 Å². The molecule has 0 radical (unpaired) electrons. The fourth-order valence-electron chi connectivity index (χ4n) is 2.01. The highest BCUT2D eigenvalue weighted by Gasteiger charge is 2.35. The van der Waals surface area contributed by atoms with Gasteiger partial charge in [0.15, 0.2) is 0 Å². The minimum Gasteiger partial charge on any atom is -0.326 e. The van der Waals surface area contributed by atoms with Crippen LogP contribution in [0.2, 0.25) is 0 Å². The van der Waals surface area contributed by atoms with E-state index in [1.807, 2.05) is 0 Å². The third-order valence-corrected chi connectivity index (χ3v) is 5.53. The number of nitrogens with zero attached hydrogens (tertiary/aromatic N) is 1.